The molecule has 112 valence electrons. The Hall–Kier alpha value is -1.04. The monoisotopic (exact) mass is 295 g/mol. The Bertz CT molecular complexity index is 448. The van der Waals surface area contributed by atoms with Crippen LogP contribution in [-0.2, 0) is 5.41 Å². The summed E-state index contributed by atoms with van der Waals surface area (Å²) in [5.41, 5.74) is 2.14. The summed E-state index contributed by atoms with van der Waals surface area (Å²) in [6.45, 7) is 6.68. The SMILES string of the molecule is CCCC(C)(C)c1cccc(N(N)C(=N)SCCO)c1. The van der Waals surface area contributed by atoms with Crippen molar-refractivity contribution in [1.82, 2.24) is 0 Å². The van der Waals surface area contributed by atoms with E-state index >= 15 is 0 Å². The second kappa shape index (κ2) is 7.67. The van der Waals surface area contributed by atoms with Crippen molar-refractivity contribution in [3.05, 3.63) is 29.8 Å². The van der Waals surface area contributed by atoms with Gasteiger partial charge in [0.05, 0.1) is 12.3 Å². The molecule has 0 aliphatic carbocycles. The van der Waals surface area contributed by atoms with Crippen molar-refractivity contribution in [1.29, 1.82) is 5.41 Å². The molecular formula is C15H25N3OS. The Morgan fingerprint density at radius 3 is 2.75 bits per heavy atom. The van der Waals surface area contributed by atoms with E-state index in [1.807, 2.05) is 18.2 Å². The highest BCUT2D eigenvalue weighted by Crippen LogP contribution is 2.30. The quantitative estimate of drug-likeness (QED) is 0.326. The van der Waals surface area contributed by atoms with Gasteiger partial charge in [0.15, 0.2) is 5.17 Å². The van der Waals surface area contributed by atoms with Crippen LogP contribution in [0.5, 0.6) is 0 Å². The number of thioether (sulfide) groups is 1. The van der Waals surface area contributed by atoms with Gasteiger partial charge in [0.25, 0.3) is 0 Å². The first-order valence-electron chi connectivity index (χ1n) is 6.90. The van der Waals surface area contributed by atoms with Crippen molar-refractivity contribution >= 4 is 22.6 Å². The number of amidine groups is 1. The van der Waals surface area contributed by atoms with Gasteiger partial charge in [0.1, 0.15) is 0 Å². The fourth-order valence-electron chi connectivity index (χ4n) is 2.18. The Kier molecular flexibility index (Phi) is 6.52. The summed E-state index contributed by atoms with van der Waals surface area (Å²) in [5, 5.41) is 18.3. The molecule has 4 nitrogen and oxygen atoms in total. The zero-order valence-corrected chi connectivity index (χ0v) is 13.3. The summed E-state index contributed by atoms with van der Waals surface area (Å²) in [5.74, 6) is 6.45. The number of hydrazine groups is 1. The number of aliphatic hydroxyl groups excluding tert-OH is 1. The van der Waals surface area contributed by atoms with Gasteiger partial charge in [-0.1, -0.05) is 51.1 Å². The minimum atomic E-state index is 0.0461. The molecule has 4 N–H and O–H groups in total. The molecule has 0 fully saturated rings. The molecule has 0 atom stereocenters. The molecule has 1 rings (SSSR count). The van der Waals surface area contributed by atoms with Gasteiger partial charge >= 0.3 is 0 Å². The molecule has 5 heteroatoms. The maximum absolute atomic E-state index is 8.80. The summed E-state index contributed by atoms with van der Waals surface area (Å²) in [6.07, 6.45) is 2.24. The number of nitrogens with two attached hydrogens (primary N) is 1. The van der Waals surface area contributed by atoms with E-state index in [-0.39, 0.29) is 17.2 Å². The zero-order valence-electron chi connectivity index (χ0n) is 12.5. The minimum absolute atomic E-state index is 0.0461. The summed E-state index contributed by atoms with van der Waals surface area (Å²) in [7, 11) is 0. The second-order valence-electron chi connectivity index (χ2n) is 5.43. The molecule has 0 saturated carbocycles. The van der Waals surface area contributed by atoms with E-state index < -0.39 is 0 Å². The maximum atomic E-state index is 8.80. The van der Waals surface area contributed by atoms with Gasteiger partial charge in [0, 0.05) is 5.75 Å². The van der Waals surface area contributed by atoms with Gasteiger partial charge in [-0.25, -0.2) is 5.84 Å². The fraction of sp³-hybridized carbons (Fsp3) is 0.533. The lowest BCUT2D eigenvalue weighted by Gasteiger charge is -2.27. The number of nitrogens with zero attached hydrogens (tertiary/aromatic N) is 1. The van der Waals surface area contributed by atoms with E-state index in [0.29, 0.717) is 5.75 Å². The number of aliphatic hydroxyl groups is 1. The first kappa shape index (κ1) is 17.0. The van der Waals surface area contributed by atoms with Crippen molar-refractivity contribution in [2.75, 3.05) is 17.4 Å². The molecule has 0 aromatic heterocycles. The van der Waals surface area contributed by atoms with E-state index in [1.165, 1.54) is 22.3 Å². The van der Waals surface area contributed by atoms with Gasteiger partial charge in [0.2, 0.25) is 0 Å². The van der Waals surface area contributed by atoms with Crippen molar-refractivity contribution in [3.63, 3.8) is 0 Å². The smallest absolute Gasteiger partial charge is 0.175 e. The van der Waals surface area contributed by atoms with E-state index in [2.05, 4.69) is 26.8 Å². The number of rotatable bonds is 6. The number of anilines is 1. The van der Waals surface area contributed by atoms with E-state index in [0.717, 1.165) is 18.5 Å². The largest absolute Gasteiger partial charge is 0.396 e. The Balaban J connectivity index is 2.90. The van der Waals surface area contributed by atoms with Crippen LogP contribution in [-0.4, -0.2) is 22.6 Å². The minimum Gasteiger partial charge on any atom is -0.396 e. The van der Waals surface area contributed by atoms with Crippen molar-refractivity contribution in [2.24, 2.45) is 5.84 Å². The van der Waals surface area contributed by atoms with Crippen molar-refractivity contribution in [2.45, 2.75) is 39.0 Å². The highest BCUT2D eigenvalue weighted by molar-refractivity contribution is 8.14. The highest BCUT2D eigenvalue weighted by Gasteiger charge is 2.20. The third-order valence-electron chi connectivity index (χ3n) is 3.33. The normalized spacial score (nSPS) is 11.4. The summed E-state index contributed by atoms with van der Waals surface area (Å²) >= 11 is 1.24. The van der Waals surface area contributed by atoms with Crippen LogP contribution in [0.2, 0.25) is 0 Å². The molecule has 0 unspecified atom stereocenters. The molecule has 0 amide bonds. The first-order chi connectivity index (χ1) is 9.42. The van der Waals surface area contributed by atoms with E-state index in [4.69, 9.17) is 16.4 Å². The molecule has 0 aliphatic heterocycles. The Morgan fingerprint density at radius 2 is 2.15 bits per heavy atom. The lowest BCUT2D eigenvalue weighted by Crippen LogP contribution is -2.35. The lowest BCUT2D eigenvalue weighted by atomic mass is 9.80. The Labute approximate surface area is 125 Å². The predicted octanol–water partition coefficient (Wildman–Crippen LogP) is 3.10. The van der Waals surface area contributed by atoms with Gasteiger partial charge in [-0.15, -0.1) is 0 Å². The number of benzene rings is 1. The van der Waals surface area contributed by atoms with Crippen LogP contribution >= 0.6 is 11.8 Å². The molecule has 0 saturated heterocycles. The van der Waals surface area contributed by atoms with Crippen molar-refractivity contribution < 1.29 is 5.11 Å². The van der Waals surface area contributed by atoms with Gasteiger partial charge < -0.3 is 5.11 Å². The van der Waals surface area contributed by atoms with Crippen LogP contribution in [0.15, 0.2) is 24.3 Å². The maximum Gasteiger partial charge on any atom is 0.175 e. The Morgan fingerprint density at radius 1 is 1.45 bits per heavy atom. The summed E-state index contributed by atoms with van der Waals surface area (Å²) in [6, 6.07) is 8.03. The number of hydrogen-bond acceptors (Lipinski definition) is 4. The second-order valence-corrected chi connectivity index (χ2v) is 6.52. The molecule has 20 heavy (non-hydrogen) atoms. The third kappa shape index (κ3) is 4.51. The molecule has 1 aromatic carbocycles. The molecule has 0 radical (unpaired) electrons. The molecule has 1 aromatic rings. The zero-order chi connectivity index (χ0) is 15.2. The van der Waals surface area contributed by atoms with Crippen molar-refractivity contribution in [3.8, 4) is 0 Å². The molecular weight excluding hydrogens is 270 g/mol. The van der Waals surface area contributed by atoms with Crippen LogP contribution in [0.1, 0.15) is 39.2 Å². The molecule has 0 bridgehead atoms. The van der Waals surface area contributed by atoms with Crippen LogP contribution in [0.4, 0.5) is 5.69 Å². The third-order valence-corrected chi connectivity index (χ3v) is 4.19. The molecule has 0 heterocycles. The number of hydrogen-bond donors (Lipinski definition) is 3. The average molecular weight is 295 g/mol. The lowest BCUT2D eigenvalue weighted by molar-refractivity contribution is 0.323. The standard InChI is InChI=1S/C15H25N3OS/c1-4-8-15(2,3)12-6-5-7-13(11-12)18(17)14(16)20-10-9-19/h5-7,11,16,19H,4,8-10,17H2,1-3H3. The predicted molar refractivity (Wildman–Crippen MR) is 88.3 cm³/mol. The van der Waals surface area contributed by atoms with Crippen LogP contribution in [0.25, 0.3) is 0 Å². The van der Waals surface area contributed by atoms with Crippen LogP contribution < -0.4 is 10.9 Å². The summed E-state index contributed by atoms with van der Waals surface area (Å²) in [4.78, 5) is 0. The van der Waals surface area contributed by atoms with E-state index in [9.17, 15) is 0 Å². The van der Waals surface area contributed by atoms with Gasteiger partial charge in [-0.2, -0.15) is 0 Å². The fourth-order valence-corrected chi connectivity index (χ4v) is 2.70. The summed E-state index contributed by atoms with van der Waals surface area (Å²) < 4.78 is 0. The topological polar surface area (TPSA) is 73.3 Å². The highest BCUT2D eigenvalue weighted by atomic mass is 32.2. The van der Waals surface area contributed by atoms with Gasteiger partial charge in [-0.3, -0.25) is 10.4 Å². The average Bonchev–Trinajstić information content (AvgIpc) is 2.44. The number of nitrogens with one attached hydrogen (secondary N) is 1. The molecule has 0 aliphatic rings. The first-order valence-corrected chi connectivity index (χ1v) is 7.88. The van der Waals surface area contributed by atoms with Crippen LogP contribution in [0.3, 0.4) is 0 Å². The molecule has 0 spiro atoms. The van der Waals surface area contributed by atoms with Gasteiger partial charge in [-0.05, 0) is 29.5 Å². The van der Waals surface area contributed by atoms with Crippen LogP contribution in [0, 0.1) is 5.41 Å². The van der Waals surface area contributed by atoms with E-state index in [1.54, 1.807) is 0 Å².